The zero-order valence-corrected chi connectivity index (χ0v) is 17.2. The molecular formula is C19H16ClF3N4O2S. The van der Waals surface area contributed by atoms with Gasteiger partial charge in [-0.2, -0.15) is 18.2 Å². The molecule has 158 valence electrons. The van der Waals surface area contributed by atoms with Crippen LogP contribution in [-0.4, -0.2) is 41.3 Å². The van der Waals surface area contributed by atoms with E-state index < -0.39 is 17.6 Å². The second kappa shape index (κ2) is 9.40. The van der Waals surface area contributed by atoms with Gasteiger partial charge in [-0.15, -0.1) is 5.10 Å². The topological polar surface area (TPSA) is 66.3 Å². The lowest BCUT2D eigenvalue weighted by Gasteiger charge is -2.20. The molecule has 0 saturated heterocycles. The molecule has 6 nitrogen and oxygen atoms in total. The number of carbonyl (C=O) groups excluding carboxylic acids is 1. The third-order valence-electron chi connectivity index (χ3n) is 3.70. The van der Waals surface area contributed by atoms with Crippen molar-refractivity contribution < 1.29 is 22.7 Å². The van der Waals surface area contributed by atoms with Crippen molar-refractivity contribution in [1.82, 2.24) is 5.01 Å². The Labute approximate surface area is 179 Å². The van der Waals surface area contributed by atoms with E-state index in [2.05, 4.69) is 15.4 Å². The van der Waals surface area contributed by atoms with Crippen LogP contribution in [0.2, 0.25) is 5.02 Å². The van der Waals surface area contributed by atoms with Crippen LogP contribution in [0.25, 0.3) is 0 Å². The van der Waals surface area contributed by atoms with Gasteiger partial charge >= 0.3 is 6.18 Å². The number of likely N-dealkylation sites (N-methyl/N-ethyl adjacent to an activating group) is 1. The summed E-state index contributed by atoms with van der Waals surface area (Å²) in [4.78, 5) is 16.4. The number of aliphatic imine (C=N–C) groups is 1. The molecule has 0 bridgehead atoms. The lowest BCUT2D eigenvalue weighted by molar-refractivity contribution is -0.137. The Morgan fingerprint density at radius 3 is 2.70 bits per heavy atom. The fourth-order valence-electron chi connectivity index (χ4n) is 2.40. The van der Waals surface area contributed by atoms with Crippen molar-refractivity contribution in [2.45, 2.75) is 6.18 Å². The number of alkyl halides is 3. The molecule has 1 heterocycles. The molecule has 0 aliphatic carbocycles. The van der Waals surface area contributed by atoms with Crippen LogP contribution in [0.4, 0.5) is 18.9 Å². The Balaban J connectivity index is 1.58. The van der Waals surface area contributed by atoms with Crippen LogP contribution in [-0.2, 0) is 11.0 Å². The van der Waals surface area contributed by atoms with E-state index in [-0.39, 0.29) is 11.4 Å². The highest BCUT2D eigenvalue weighted by atomic mass is 35.5. The van der Waals surface area contributed by atoms with Gasteiger partial charge in [0.1, 0.15) is 12.3 Å². The first-order chi connectivity index (χ1) is 14.2. The number of amidine groups is 1. The first kappa shape index (κ1) is 22.0. The Hall–Kier alpha value is -2.72. The Kier molecular flexibility index (Phi) is 6.88. The molecule has 0 unspecified atom stereocenters. The van der Waals surface area contributed by atoms with E-state index in [9.17, 15) is 18.0 Å². The minimum absolute atomic E-state index is 0.0633. The zero-order valence-electron chi connectivity index (χ0n) is 15.6. The monoisotopic (exact) mass is 456 g/mol. The first-order valence-corrected chi connectivity index (χ1v) is 9.96. The number of anilines is 1. The summed E-state index contributed by atoms with van der Waals surface area (Å²) < 4.78 is 44.0. The highest BCUT2D eigenvalue weighted by Crippen LogP contribution is 2.30. The van der Waals surface area contributed by atoms with Crippen LogP contribution in [0.5, 0.6) is 5.75 Å². The van der Waals surface area contributed by atoms with Crippen molar-refractivity contribution >= 4 is 46.0 Å². The van der Waals surface area contributed by atoms with Crippen LogP contribution < -0.4 is 10.1 Å². The first-order valence-electron chi connectivity index (χ1n) is 8.60. The molecule has 1 N–H and O–H groups in total. The summed E-state index contributed by atoms with van der Waals surface area (Å²) in [6.07, 6.45) is -4.48. The van der Waals surface area contributed by atoms with E-state index in [4.69, 9.17) is 16.3 Å². The van der Waals surface area contributed by atoms with Gasteiger partial charge in [-0.05, 0) is 42.5 Å². The molecule has 0 spiro atoms. The number of ether oxygens (including phenoxy) is 1. The summed E-state index contributed by atoms with van der Waals surface area (Å²) in [5.74, 6) is 0.377. The van der Waals surface area contributed by atoms with Crippen LogP contribution in [0.3, 0.4) is 0 Å². The summed E-state index contributed by atoms with van der Waals surface area (Å²) in [5, 5.41) is 9.13. The van der Waals surface area contributed by atoms with Gasteiger partial charge in [0, 0.05) is 17.8 Å². The number of nitrogens with one attached hydrogen (secondary N) is 1. The number of carbonyl (C=O) groups is 1. The number of amides is 1. The average molecular weight is 457 g/mol. The molecule has 2 aromatic carbocycles. The van der Waals surface area contributed by atoms with Crippen molar-refractivity contribution in [1.29, 1.82) is 0 Å². The normalized spacial score (nSPS) is 14.1. The molecule has 0 saturated carbocycles. The van der Waals surface area contributed by atoms with Crippen molar-refractivity contribution in [2.75, 3.05) is 24.7 Å². The van der Waals surface area contributed by atoms with Crippen molar-refractivity contribution in [2.24, 2.45) is 10.1 Å². The van der Waals surface area contributed by atoms with E-state index in [1.54, 1.807) is 36.3 Å². The lowest BCUT2D eigenvalue weighted by Crippen LogP contribution is -2.31. The standard InChI is InChI=1S/C19H16ClF3N4O2S/c1-27-10-17(29-15-7-5-13(20)6-8-15)25-18(26-27)30-11-16(28)24-14-4-2-3-12(9-14)19(21,22)23/h2-9H,10-11H2,1H3,(H,24,28). The minimum atomic E-state index is -4.48. The highest BCUT2D eigenvalue weighted by Gasteiger charge is 2.30. The number of hydrazone groups is 1. The Morgan fingerprint density at radius 1 is 1.27 bits per heavy atom. The second-order valence-electron chi connectivity index (χ2n) is 6.18. The van der Waals surface area contributed by atoms with E-state index in [1.807, 2.05) is 0 Å². The van der Waals surface area contributed by atoms with Crippen LogP contribution >= 0.6 is 23.4 Å². The molecule has 1 aliphatic rings. The largest absolute Gasteiger partial charge is 0.441 e. The van der Waals surface area contributed by atoms with E-state index in [0.717, 1.165) is 23.9 Å². The van der Waals surface area contributed by atoms with Crippen molar-refractivity contribution in [3.63, 3.8) is 0 Å². The molecule has 0 aromatic heterocycles. The number of hydrogen-bond acceptors (Lipinski definition) is 6. The van der Waals surface area contributed by atoms with Gasteiger partial charge in [0.05, 0.1) is 11.3 Å². The lowest BCUT2D eigenvalue weighted by atomic mass is 10.2. The van der Waals surface area contributed by atoms with Gasteiger partial charge in [0.2, 0.25) is 17.0 Å². The highest BCUT2D eigenvalue weighted by molar-refractivity contribution is 8.14. The molecular weight excluding hydrogens is 441 g/mol. The molecule has 3 rings (SSSR count). The predicted octanol–water partition coefficient (Wildman–Crippen LogP) is 4.72. The summed E-state index contributed by atoms with van der Waals surface area (Å²) in [7, 11) is 1.73. The molecule has 2 aromatic rings. The van der Waals surface area contributed by atoms with Crippen LogP contribution in [0.1, 0.15) is 5.56 Å². The molecule has 0 fully saturated rings. The summed E-state index contributed by atoms with van der Waals surface area (Å²) in [6, 6.07) is 11.2. The van der Waals surface area contributed by atoms with Gasteiger partial charge < -0.3 is 10.1 Å². The van der Waals surface area contributed by atoms with Gasteiger partial charge in [0.15, 0.2) is 0 Å². The van der Waals surface area contributed by atoms with Crippen molar-refractivity contribution in [3.05, 3.63) is 59.1 Å². The maximum atomic E-state index is 12.8. The summed E-state index contributed by atoms with van der Waals surface area (Å²) in [6.45, 7) is 0.336. The third kappa shape index (κ3) is 6.39. The maximum absolute atomic E-state index is 12.8. The number of nitrogens with zero attached hydrogens (tertiary/aromatic N) is 3. The molecule has 0 atom stereocenters. The number of hydrogen-bond donors (Lipinski definition) is 1. The molecule has 1 amide bonds. The number of benzene rings is 2. The smallest absolute Gasteiger partial charge is 0.416 e. The number of halogens is 4. The summed E-state index contributed by atoms with van der Waals surface area (Å²) >= 11 is 6.89. The van der Waals surface area contributed by atoms with Crippen LogP contribution in [0.15, 0.2) is 58.6 Å². The van der Waals surface area contributed by atoms with Crippen molar-refractivity contribution in [3.8, 4) is 5.75 Å². The average Bonchev–Trinajstić information content (AvgIpc) is 2.67. The molecule has 1 aliphatic heterocycles. The fraction of sp³-hybridized carbons (Fsp3) is 0.211. The predicted molar refractivity (Wildman–Crippen MR) is 112 cm³/mol. The third-order valence-corrected chi connectivity index (χ3v) is 4.79. The Morgan fingerprint density at radius 2 is 2.00 bits per heavy atom. The SMILES string of the molecule is CN1CC(Oc2ccc(Cl)cc2)=NC(SCC(=O)Nc2cccc(C(F)(F)F)c2)=N1. The molecule has 30 heavy (non-hydrogen) atoms. The van der Waals surface area contributed by atoms with Gasteiger partial charge in [0.25, 0.3) is 0 Å². The summed E-state index contributed by atoms with van der Waals surface area (Å²) in [5.41, 5.74) is -0.770. The van der Waals surface area contributed by atoms with E-state index in [1.165, 1.54) is 12.1 Å². The van der Waals surface area contributed by atoms with Gasteiger partial charge in [-0.3, -0.25) is 9.80 Å². The minimum Gasteiger partial charge on any atom is -0.441 e. The zero-order chi connectivity index (χ0) is 21.7. The van der Waals surface area contributed by atoms with Crippen LogP contribution in [0, 0.1) is 0 Å². The maximum Gasteiger partial charge on any atom is 0.416 e. The van der Waals surface area contributed by atoms with Gasteiger partial charge in [-0.1, -0.05) is 29.4 Å². The van der Waals surface area contributed by atoms with E-state index >= 15 is 0 Å². The number of thioether (sulfide) groups is 1. The Bertz CT molecular complexity index is 980. The molecule has 0 radical (unpaired) electrons. The molecule has 11 heteroatoms. The van der Waals surface area contributed by atoms with Gasteiger partial charge in [-0.25, -0.2) is 0 Å². The fourth-order valence-corrected chi connectivity index (χ4v) is 3.22. The second-order valence-corrected chi connectivity index (χ2v) is 7.55. The quantitative estimate of drug-likeness (QED) is 0.722. The van der Waals surface area contributed by atoms with E-state index in [0.29, 0.717) is 28.4 Å². The number of rotatable bonds is 4.